The summed E-state index contributed by atoms with van der Waals surface area (Å²) >= 11 is 0. The van der Waals surface area contributed by atoms with Crippen LogP contribution in [-0.4, -0.2) is 70.8 Å². The molecule has 180 valence electrons. The van der Waals surface area contributed by atoms with Crippen molar-refractivity contribution in [1.29, 1.82) is 0 Å². The van der Waals surface area contributed by atoms with E-state index in [1.54, 1.807) is 22.0 Å². The Morgan fingerprint density at radius 3 is 2.62 bits per heavy atom. The first-order valence-corrected chi connectivity index (χ1v) is 11.5. The summed E-state index contributed by atoms with van der Waals surface area (Å²) in [5, 5.41) is 11.6. The maximum absolute atomic E-state index is 13.5. The van der Waals surface area contributed by atoms with Crippen molar-refractivity contribution < 1.29 is 14.3 Å². The largest absolute Gasteiger partial charge is 0.357 e. The van der Waals surface area contributed by atoms with Gasteiger partial charge in [-0.2, -0.15) is 4.98 Å². The number of carbonyl (C=O) groups excluding carboxylic acids is 1. The molecule has 0 saturated carbocycles. The number of ether oxygens (including phenoxy) is 2. The third kappa shape index (κ3) is 4.85. The molecule has 1 amide bonds. The topological polar surface area (TPSA) is 111 Å². The fourth-order valence-corrected chi connectivity index (χ4v) is 3.74. The van der Waals surface area contributed by atoms with Crippen LogP contribution in [0.5, 0.6) is 0 Å². The van der Waals surface area contributed by atoms with Crippen LogP contribution in [0, 0.1) is 0 Å². The van der Waals surface area contributed by atoms with E-state index in [1.165, 1.54) is 0 Å². The average molecular weight is 467 g/mol. The Bertz CT molecular complexity index is 1130. The van der Waals surface area contributed by atoms with Crippen LogP contribution >= 0.6 is 0 Å². The van der Waals surface area contributed by atoms with E-state index in [4.69, 9.17) is 9.47 Å². The van der Waals surface area contributed by atoms with Gasteiger partial charge in [-0.1, -0.05) is 11.3 Å². The molecule has 3 heterocycles. The summed E-state index contributed by atoms with van der Waals surface area (Å²) in [6, 6.07) is 7.61. The lowest BCUT2D eigenvalue weighted by molar-refractivity contribution is -0.142. The van der Waals surface area contributed by atoms with Crippen molar-refractivity contribution in [3.8, 4) is 5.69 Å². The highest BCUT2D eigenvalue weighted by atomic mass is 16.7. The number of nitrogens with one attached hydrogen (secondary N) is 1. The molecule has 0 unspecified atom stereocenters. The predicted molar refractivity (Wildman–Crippen MR) is 128 cm³/mol. The first-order chi connectivity index (χ1) is 16.5. The molecule has 1 N–H and O–H groups in total. The molecule has 1 aromatic carbocycles. The van der Waals surface area contributed by atoms with E-state index in [-0.39, 0.29) is 5.91 Å². The van der Waals surface area contributed by atoms with Gasteiger partial charge in [0.05, 0.1) is 11.9 Å². The first kappa shape index (κ1) is 23.6. The Morgan fingerprint density at radius 1 is 1.12 bits per heavy atom. The summed E-state index contributed by atoms with van der Waals surface area (Å²) in [4.78, 5) is 26.0. The van der Waals surface area contributed by atoms with Crippen molar-refractivity contribution in [3.05, 3.63) is 47.9 Å². The number of benzene rings is 1. The Morgan fingerprint density at radius 2 is 1.88 bits per heavy atom. The van der Waals surface area contributed by atoms with E-state index in [2.05, 4.69) is 25.6 Å². The third-order valence-electron chi connectivity index (χ3n) is 5.39. The number of aromatic nitrogens is 5. The third-order valence-corrected chi connectivity index (χ3v) is 5.39. The highest BCUT2D eigenvalue weighted by Crippen LogP contribution is 2.27. The zero-order valence-electron chi connectivity index (χ0n) is 19.9. The number of fused-ring (bicyclic) bond motifs is 1. The van der Waals surface area contributed by atoms with Crippen molar-refractivity contribution in [1.82, 2.24) is 25.0 Å². The number of rotatable bonds is 9. The van der Waals surface area contributed by atoms with Gasteiger partial charge < -0.3 is 24.6 Å². The summed E-state index contributed by atoms with van der Waals surface area (Å²) in [7, 11) is 1.93. The van der Waals surface area contributed by atoms with Gasteiger partial charge >= 0.3 is 0 Å². The van der Waals surface area contributed by atoms with Gasteiger partial charge in [-0.25, -0.2) is 9.67 Å². The summed E-state index contributed by atoms with van der Waals surface area (Å²) in [6.45, 7) is 8.62. The number of carbonyl (C=O) groups is 1. The van der Waals surface area contributed by atoms with E-state index in [9.17, 15) is 4.79 Å². The van der Waals surface area contributed by atoms with Crippen molar-refractivity contribution in [2.24, 2.45) is 0 Å². The van der Waals surface area contributed by atoms with Crippen molar-refractivity contribution >= 4 is 23.4 Å². The standard InChI is InChI=1S/C23H30N8O3/c1-5-24-23-25-14-18-20(26-23)29(4)11-12-30(21(18)32)16-9-8-10-17(13-16)31-15-19(27-28-31)22(33-6-2)34-7-3/h8-10,13-15,22H,5-7,11-12H2,1-4H3,(H,24,25,26). The van der Waals surface area contributed by atoms with Gasteiger partial charge in [-0.15, -0.1) is 5.10 Å². The maximum Gasteiger partial charge on any atom is 0.263 e. The van der Waals surface area contributed by atoms with E-state index >= 15 is 0 Å². The van der Waals surface area contributed by atoms with Crippen LogP contribution in [-0.2, 0) is 9.47 Å². The molecule has 1 aliphatic heterocycles. The van der Waals surface area contributed by atoms with Gasteiger partial charge in [-0.05, 0) is 39.0 Å². The second kappa shape index (κ2) is 10.6. The number of amides is 1. The molecule has 2 aromatic heterocycles. The molecule has 0 spiro atoms. The van der Waals surface area contributed by atoms with Gasteiger partial charge in [0.15, 0.2) is 0 Å². The zero-order valence-corrected chi connectivity index (χ0v) is 19.9. The normalized spacial score (nSPS) is 13.9. The number of hydrogen-bond donors (Lipinski definition) is 1. The van der Waals surface area contributed by atoms with Crippen molar-refractivity contribution in [2.45, 2.75) is 27.1 Å². The minimum absolute atomic E-state index is 0.147. The number of hydrogen-bond acceptors (Lipinski definition) is 9. The molecule has 0 bridgehead atoms. The molecule has 0 aliphatic carbocycles. The van der Waals surface area contributed by atoms with Gasteiger partial charge in [-0.3, -0.25) is 4.79 Å². The minimum Gasteiger partial charge on any atom is -0.357 e. The summed E-state index contributed by atoms with van der Waals surface area (Å²) in [5.41, 5.74) is 2.57. The van der Waals surface area contributed by atoms with E-state index < -0.39 is 6.29 Å². The molecule has 0 radical (unpaired) electrons. The molecule has 0 fully saturated rings. The van der Waals surface area contributed by atoms with Gasteiger partial charge in [0, 0.05) is 51.8 Å². The van der Waals surface area contributed by atoms with Gasteiger partial charge in [0.1, 0.15) is 17.1 Å². The zero-order chi connectivity index (χ0) is 24.1. The van der Waals surface area contributed by atoms with Crippen LogP contribution in [0.4, 0.5) is 17.5 Å². The molecule has 0 atom stereocenters. The van der Waals surface area contributed by atoms with Crippen LogP contribution in [0.2, 0.25) is 0 Å². The van der Waals surface area contributed by atoms with Gasteiger partial charge in [0.25, 0.3) is 5.91 Å². The first-order valence-electron chi connectivity index (χ1n) is 11.5. The average Bonchev–Trinajstić information content (AvgIpc) is 3.30. The van der Waals surface area contributed by atoms with Crippen molar-refractivity contribution in [2.75, 3.05) is 55.0 Å². The summed E-state index contributed by atoms with van der Waals surface area (Å²) < 4.78 is 12.9. The molecule has 1 aliphatic rings. The van der Waals surface area contributed by atoms with Crippen LogP contribution in [0.3, 0.4) is 0 Å². The quantitative estimate of drug-likeness (QED) is 0.476. The number of anilines is 3. The minimum atomic E-state index is -0.571. The molecule has 3 aromatic rings. The highest BCUT2D eigenvalue weighted by Gasteiger charge is 2.28. The smallest absolute Gasteiger partial charge is 0.263 e. The fourth-order valence-electron chi connectivity index (χ4n) is 3.74. The molecule has 0 saturated heterocycles. The molecular weight excluding hydrogens is 436 g/mol. The Labute approximate surface area is 198 Å². The second-order valence-corrected chi connectivity index (χ2v) is 7.69. The molecule has 11 nitrogen and oxygen atoms in total. The maximum atomic E-state index is 13.5. The summed E-state index contributed by atoms with van der Waals surface area (Å²) in [6.07, 6.45) is 2.80. The van der Waals surface area contributed by atoms with E-state index in [0.29, 0.717) is 55.9 Å². The summed E-state index contributed by atoms with van der Waals surface area (Å²) in [5.74, 6) is 0.982. The SMILES string of the molecule is CCNc1ncc2c(n1)N(C)CCN(c1cccc(-n3cc(C(OCC)OCC)nn3)c1)C2=O. The lowest BCUT2D eigenvalue weighted by Gasteiger charge is -2.21. The highest BCUT2D eigenvalue weighted by molar-refractivity contribution is 6.09. The van der Waals surface area contributed by atoms with E-state index in [0.717, 1.165) is 11.4 Å². The van der Waals surface area contributed by atoms with E-state index in [1.807, 2.05) is 57.0 Å². The Hall–Kier alpha value is -3.57. The number of likely N-dealkylation sites (N-methyl/N-ethyl adjacent to an activating group) is 1. The van der Waals surface area contributed by atoms with Gasteiger partial charge in [0.2, 0.25) is 12.2 Å². The Balaban J connectivity index is 1.62. The lowest BCUT2D eigenvalue weighted by atomic mass is 10.2. The monoisotopic (exact) mass is 466 g/mol. The predicted octanol–water partition coefficient (Wildman–Crippen LogP) is 2.66. The van der Waals surface area contributed by atoms with Crippen LogP contribution in [0.1, 0.15) is 43.1 Å². The molecule has 34 heavy (non-hydrogen) atoms. The van der Waals surface area contributed by atoms with Crippen LogP contribution in [0.25, 0.3) is 5.69 Å². The Kier molecular flexibility index (Phi) is 7.33. The van der Waals surface area contributed by atoms with Crippen LogP contribution < -0.4 is 15.1 Å². The fraction of sp³-hybridized carbons (Fsp3) is 0.435. The lowest BCUT2D eigenvalue weighted by Crippen LogP contribution is -2.33. The second-order valence-electron chi connectivity index (χ2n) is 7.69. The molecule has 11 heteroatoms. The molecule has 4 rings (SSSR count). The number of nitrogens with zero attached hydrogens (tertiary/aromatic N) is 7. The van der Waals surface area contributed by atoms with Crippen molar-refractivity contribution in [3.63, 3.8) is 0 Å². The van der Waals surface area contributed by atoms with Crippen LogP contribution in [0.15, 0.2) is 36.7 Å². The molecular formula is C23H30N8O3.